The topological polar surface area (TPSA) is 32.3 Å². The summed E-state index contributed by atoms with van der Waals surface area (Å²) in [6.45, 7) is 2.01. The number of phenols is 1. The number of rotatable bonds is 1. The molecule has 0 aliphatic carbocycles. The monoisotopic (exact) mass is 195 g/mol. The Labute approximate surface area is 82.8 Å². The molecular formula is C11H14FNO. The zero-order valence-electron chi connectivity index (χ0n) is 8.13. The summed E-state index contributed by atoms with van der Waals surface area (Å²) < 4.78 is 13.5. The molecule has 1 saturated heterocycles. The lowest BCUT2D eigenvalue weighted by Gasteiger charge is -2.12. The van der Waals surface area contributed by atoms with Crippen LogP contribution in [-0.4, -0.2) is 17.3 Å². The van der Waals surface area contributed by atoms with Gasteiger partial charge in [-0.25, -0.2) is 4.39 Å². The number of nitrogens with one attached hydrogen (secondary N) is 1. The van der Waals surface area contributed by atoms with Crippen LogP contribution in [0.5, 0.6) is 5.75 Å². The van der Waals surface area contributed by atoms with E-state index >= 15 is 0 Å². The first-order chi connectivity index (χ1) is 6.57. The van der Waals surface area contributed by atoms with Crippen LogP contribution in [0.25, 0.3) is 0 Å². The molecule has 1 aliphatic heterocycles. The molecule has 0 aromatic heterocycles. The molecular weight excluding hydrogens is 181 g/mol. The third kappa shape index (κ3) is 1.87. The van der Waals surface area contributed by atoms with Crippen LogP contribution in [0.2, 0.25) is 0 Å². The standard InChI is InChI=1S/C11H14FNO/c1-11(12)6-10(13-7-11)8-2-4-9(14)5-3-8/h2-5,10,13-14H,6-7H2,1H3. The van der Waals surface area contributed by atoms with Crippen LogP contribution in [0.1, 0.15) is 24.9 Å². The SMILES string of the molecule is CC1(F)CNC(c2ccc(O)cc2)C1. The summed E-state index contributed by atoms with van der Waals surface area (Å²) in [5.41, 5.74) is -0.0769. The van der Waals surface area contributed by atoms with Crippen molar-refractivity contribution in [1.82, 2.24) is 5.32 Å². The number of phenolic OH excluding ortho intramolecular Hbond substituents is 1. The summed E-state index contributed by atoms with van der Waals surface area (Å²) in [4.78, 5) is 0. The quantitative estimate of drug-likeness (QED) is 0.719. The molecule has 2 atom stereocenters. The Morgan fingerprint density at radius 1 is 1.43 bits per heavy atom. The molecule has 2 rings (SSSR count). The number of hydrogen-bond acceptors (Lipinski definition) is 2. The maximum atomic E-state index is 13.5. The Morgan fingerprint density at radius 2 is 2.07 bits per heavy atom. The normalized spacial score (nSPS) is 32.0. The third-order valence-corrected chi connectivity index (χ3v) is 2.64. The maximum Gasteiger partial charge on any atom is 0.122 e. The zero-order chi connectivity index (χ0) is 10.2. The second-order valence-electron chi connectivity index (χ2n) is 4.14. The van der Waals surface area contributed by atoms with Gasteiger partial charge in [-0.2, -0.15) is 0 Å². The molecule has 0 bridgehead atoms. The lowest BCUT2D eigenvalue weighted by molar-refractivity contribution is 0.214. The van der Waals surface area contributed by atoms with Crippen molar-refractivity contribution in [2.75, 3.05) is 6.54 Å². The number of hydrogen-bond donors (Lipinski definition) is 2. The minimum atomic E-state index is -1.11. The van der Waals surface area contributed by atoms with Gasteiger partial charge in [0.05, 0.1) is 0 Å². The van der Waals surface area contributed by atoms with E-state index in [1.54, 1.807) is 19.1 Å². The van der Waals surface area contributed by atoms with Crippen molar-refractivity contribution in [3.05, 3.63) is 29.8 Å². The van der Waals surface area contributed by atoms with E-state index < -0.39 is 5.67 Å². The van der Waals surface area contributed by atoms with E-state index in [1.807, 2.05) is 12.1 Å². The first-order valence-corrected chi connectivity index (χ1v) is 4.78. The zero-order valence-corrected chi connectivity index (χ0v) is 8.13. The van der Waals surface area contributed by atoms with Crippen LogP contribution < -0.4 is 5.32 Å². The molecule has 14 heavy (non-hydrogen) atoms. The van der Waals surface area contributed by atoms with Gasteiger partial charge in [0.15, 0.2) is 0 Å². The first-order valence-electron chi connectivity index (χ1n) is 4.78. The molecule has 2 nitrogen and oxygen atoms in total. The Morgan fingerprint density at radius 3 is 2.57 bits per heavy atom. The molecule has 1 aromatic carbocycles. The van der Waals surface area contributed by atoms with Gasteiger partial charge in [0, 0.05) is 19.0 Å². The lowest BCUT2D eigenvalue weighted by Crippen LogP contribution is -2.20. The smallest absolute Gasteiger partial charge is 0.122 e. The van der Waals surface area contributed by atoms with Gasteiger partial charge >= 0.3 is 0 Å². The molecule has 3 heteroatoms. The van der Waals surface area contributed by atoms with E-state index in [4.69, 9.17) is 5.11 Å². The van der Waals surface area contributed by atoms with Crippen LogP contribution in [0.3, 0.4) is 0 Å². The van der Waals surface area contributed by atoms with E-state index in [2.05, 4.69) is 5.32 Å². The highest BCUT2D eigenvalue weighted by Gasteiger charge is 2.35. The lowest BCUT2D eigenvalue weighted by atomic mass is 9.99. The minimum absolute atomic E-state index is 0.0746. The number of benzene rings is 1. The van der Waals surface area contributed by atoms with E-state index in [1.165, 1.54) is 0 Å². The second-order valence-corrected chi connectivity index (χ2v) is 4.14. The molecule has 2 N–H and O–H groups in total. The van der Waals surface area contributed by atoms with E-state index in [-0.39, 0.29) is 11.8 Å². The molecule has 0 amide bonds. The Hall–Kier alpha value is -1.09. The molecule has 1 fully saturated rings. The number of halogens is 1. The second kappa shape index (κ2) is 3.24. The summed E-state index contributed by atoms with van der Waals surface area (Å²) in [6, 6.07) is 6.99. The van der Waals surface area contributed by atoms with Gasteiger partial charge in [0.1, 0.15) is 11.4 Å². The van der Waals surface area contributed by atoms with E-state index in [9.17, 15) is 4.39 Å². The van der Waals surface area contributed by atoms with E-state index in [0.717, 1.165) is 5.56 Å². The molecule has 0 radical (unpaired) electrons. The Balaban J connectivity index is 2.14. The van der Waals surface area contributed by atoms with Gasteiger partial charge in [0.2, 0.25) is 0 Å². The fourth-order valence-electron chi connectivity index (χ4n) is 1.85. The van der Waals surface area contributed by atoms with Crippen molar-refractivity contribution in [1.29, 1.82) is 0 Å². The van der Waals surface area contributed by atoms with Crippen LogP contribution in [-0.2, 0) is 0 Å². The van der Waals surface area contributed by atoms with Crippen molar-refractivity contribution < 1.29 is 9.50 Å². The third-order valence-electron chi connectivity index (χ3n) is 2.64. The van der Waals surface area contributed by atoms with Crippen molar-refractivity contribution in [3.8, 4) is 5.75 Å². The molecule has 76 valence electrons. The summed E-state index contributed by atoms with van der Waals surface area (Å²) in [6.07, 6.45) is 0.498. The fourth-order valence-corrected chi connectivity index (χ4v) is 1.85. The van der Waals surface area contributed by atoms with Crippen molar-refractivity contribution in [3.63, 3.8) is 0 Å². The molecule has 0 saturated carbocycles. The summed E-state index contributed by atoms with van der Waals surface area (Å²) >= 11 is 0. The molecule has 1 aliphatic rings. The van der Waals surface area contributed by atoms with Gasteiger partial charge in [-0.15, -0.1) is 0 Å². The average Bonchev–Trinajstić information content (AvgIpc) is 2.47. The highest BCUT2D eigenvalue weighted by Crippen LogP contribution is 2.32. The Kier molecular flexibility index (Phi) is 2.19. The van der Waals surface area contributed by atoms with Crippen molar-refractivity contribution in [2.24, 2.45) is 0 Å². The summed E-state index contributed by atoms with van der Waals surface area (Å²) in [5.74, 6) is 0.245. The Bertz CT molecular complexity index is 321. The summed E-state index contributed by atoms with van der Waals surface area (Å²) in [7, 11) is 0. The molecule has 1 heterocycles. The van der Waals surface area contributed by atoms with Crippen molar-refractivity contribution in [2.45, 2.75) is 25.1 Å². The van der Waals surface area contributed by atoms with E-state index in [0.29, 0.717) is 13.0 Å². The first kappa shape index (κ1) is 9.46. The van der Waals surface area contributed by atoms with Gasteiger partial charge in [0.25, 0.3) is 0 Å². The molecule has 2 unspecified atom stereocenters. The maximum absolute atomic E-state index is 13.5. The predicted molar refractivity (Wildman–Crippen MR) is 53.0 cm³/mol. The number of alkyl halides is 1. The number of aromatic hydroxyl groups is 1. The van der Waals surface area contributed by atoms with Crippen molar-refractivity contribution >= 4 is 0 Å². The van der Waals surface area contributed by atoms with Gasteiger partial charge in [-0.3, -0.25) is 0 Å². The van der Waals surface area contributed by atoms with Gasteiger partial charge in [-0.05, 0) is 24.6 Å². The highest BCUT2D eigenvalue weighted by molar-refractivity contribution is 5.29. The van der Waals surface area contributed by atoms with Gasteiger partial charge < -0.3 is 10.4 Å². The predicted octanol–water partition coefficient (Wildman–Crippen LogP) is 2.15. The van der Waals surface area contributed by atoms with Gasteiger partial charge in [-0.1, -0.05) is 12.1 Å². The van der Waals surface area contributed by atoms with Crippen LogP contribution >= 0.6 is 0 Å². The van der Waals surface area contributed by atoms with Crippen LogP contribution in [0, 0.1) is 0 Å². The minimum Gasteiger partial charge on any atom is -0.508 e. The van der Waals surface area contributed by atoms with Crippen LogP contribution in [0.15, 0.2) is 24.3 Å². The molecule has 1 aromatic rings. The largest absolute Gasteiger partial charge is 0.508 e. The van der Waals surface area contributed by atoms with Crippen LogP contribution in [0.4, 0.5) is 4.39 Å². The average molecular weight is 195 g/mol. The highest BCUT2D eigenvalue weighted by atomic mass is 19.1. The molecule has 0 spiro atoms. The fraction of sp³-hybridized carbons (Fsp3) is 0.455. The summed E-state index contributed by atoms with van der Waals surface area (Å²) in [5, 5.41) is 12.2.